The van der Waals surface area contributed by atoms with Crippen LogP contribution in [0.15, 0.2) is 46.1 Å². The summed E-state index contributed by atoms with van der Waals surface area (Å²) in [4.78, 5) is 11.1. The van der Waals surface area contributed by atoms with Crippen LogP contribution in [0.3, 0.4) is 0 Å². The van der Waals surface area contributed by atoms with E-state index in [9.17, 15) is 4.79 Å². The maximum absolute atomic E-state index is 11.1. The molecule has 3 nitrogen and oxygen atoms in total. The minimum absolute atomic E-state index is 0.354. The third kappa shape index (κ3) is 1.98. The van der Waals surface area contributed by atoms with Gasteiger partial charge in [0.1, 0.15) is 17.9 Å². The number of ether oxygens (including phenoxy) is 1. The van der Waals surface area contributed by atoms with Gasteiger partial charge in [0, 0.05) is 17.5 Å². The van der Waals surface area contributed by atoms with E-state index < -0.39 is 0 Å². The summed E-state index contributed by atoms with van der Waals surface area (Å²) >= 11 is 0. The van der Waals surface area contributed by atoms with Gasteiger partial charge in [0.25, 0.3) is 0 Å². The highest BCUT2D eigenvalue weighted by atomic mass is 16.5. The molecule has 0 amide bonds. The summed E-state index contributed by atoms with van der Waals surface area (Å²) in [6.07, 6.45) is 1.67. The van der Waals surface area contributed by atoms with Crippen LogP contribution >= 0.6 is 0 Å². The standard InChI is InChI=1S/C13H12O3/c1-3-6-15-10-7-9(2)11-4-5-13(14)16-12(11)8-10/h3-5,7-8H,1,6H2,2H3. The molecule has 0 saturated carbocycles. The van der Waals surface area contributed by atoms with Gasteiger partial charge in [-0.25, -0.2) is 4.79 Å². The van der Waals surface area contributed by atoms with E-state index in [1.165, 1.54) is 6.07 Å². The van der Waals surface area contributed by atoms with Gasteiger partial charge in [-0.3, -0.25) is 0 Å². The molecule has 0 saturated heterocycles. The molecule has 3 heteroatoms. The average Bonchev–Trinajstić information content (AvgIpc) is 2.25. The highest BCUT2D eigenvalue weighted by Crippen LogP contribution is 2.23. The third-order valence-electron chi connectivity index (χ3n) is 2.29. The van der Waals surface area contributed by atoms with Gasteiger partial charge < -0.3 is 9.15 Å². The second-order valence-corrected chi connectivity index (χ2v) is 3.51. The molecule has 0 spiro atoms. The monoisotopic (exact) mass is 216 g/mol. The van der Waals surface area contributed by atoms with Crippen molar-refractivity contribution >= 4 is 11.0 Å². The van der Waals surface area contributed by atoms with Crippen molar-refractivity contribution in [3.63, 3.8) is 0 Å². The van der Waals surface area contributed by atoms with E-state index in [1.807, 2.05) is 13.0 Å². The SMILES string of the molecule is C=CCOc1cc(C)c2ccc(=O)oc2c1. The van der Waals surface area contributed by atoms with Crippen LogP contribution in [0, 0.1) is 6.92 Å². The second-order valence-electron chi connectivity index (χ2n) is 3.51. The first-order chi connectivity index (χ1) is 7.70. The molecule has 16 heavy (non-hydrogen) atoms. The Morgan fingerprint density at radius 3 is 3.00 bits per heavy atom. The van der Waals surface area contributed by atoms with E-state index in [1.54, 1.807) is 18.2 Å². The predicted octanol–water partition coefficient (Wildman–Crippen LogP) is 2.67. The molecule has 0 atom stereocenters. The van der Waals surface area contributed by atoms with Gasteiger partial charge in [0.15, 0.2) is 0 Å². The van der Waals surface area contributed by atoms with E-state index >= 15 is 0 Å². The summed E-state index contributed by atoms with van der Waals surface area (Å²) in [6.45, 7) is 5.96. The highest BCUT2D eigenvalue weighted by Gasteiger charge is 2.03. The Hall–Kier alpha value is -2.03. The van der Waals surface area contributed by atoms with Gasteiger partial charge in [-0.2, -0.15) is 0 Å². The maximum Gasteiger partial charge on any atom is 0.336 e. The van der Waals surface area contributed by atoms with Crippen LogP contribution in [0.25, 0.3) is 11.0 Å². The fraction of sp³-hybridized carbons (Fsp3) is 0.154. The molecule has 0 unspecified atom stereocenters. The summed E-state index contributed by atoms with van der Waals surface area (Å²) in [5, 5.41) is 0.922. The Morgan fingerprint density at radius 2 is 2.25 bits per heavy atom. The van der Waals surface area contributed by atoms with Crippen LogP contribution in [-0.4, -0.2) is 6.61 Å². The smallest absolute Gasteiger partial charge is 0.336 e. The van der Waals surface area contributed by atoms with Crippen LogP contribution in [0.2, 0.25) is 0 Å². The summed E-state index contributed by atoms with van der Waals surface area (Å²) in [7, 11) is 0. The lowest BCUT2D eigenvalue weighted by Gasteiger charge is -2.06. The molecule has 0 aliphatic carbocycles. The molecule has 0 fully saturated rings. The van der Waals surface area contributed by atoms with Crippen LogP contribution in [0.5, 0.6) is 5.75 Å². The first-order valence-corrected chi connectivity index (χ1v) is 4.99. The van der Waals surface area contributed by atoms with E-state index in [0.29, 0.717) is 17.9 Å². The molecule has 2 rings (SSSR count). The van der Waals surface area contributed by atoms with Crippen molar-refractivity contribution in [3.05, 3.63) is 52.9 Å². The molecule has 2 aromatic rings. The Bertz CT molecular complexity index is 581. The number of aryl methyl sites for hydroxylation is 1. The zero-order valence-electron chi connectivity index (χ0n) is 9.03. The molecule has 0 aliphatic rings. The van der Waals surface area contributed by atoms with Crippen LogP contribution in [-0.2, 0) is 0 Å². The Kier molecular flexibility index (Phi) is 2.77. The van der Waals surface area contributed by atoms with E-state index in [-0.39, 0.29) is 5.63 Å². The Labute approximate surface area is 93.0 Å². The fourth-order valence-corrected chi connectivity index (χ4v) is 1.56. The lowest BCUT2D eigenvalue weighted by atomic mass is 10.1. The molecule has 1 aromatic carbocycles. The molecule has 1 heterocycles. The number of rotatable bonds is 3. The molecular formula is C13H12O3. The second kappa shape index (κ2) is 4.23. The van der Waals surface area contributed by atoms with Gasteiger partial charge >= 0.3 is 5.63 Å². The van der Waals surface area contributed by atoms with Crippen molar-refractivity contribution < 1.29 is 9.15 Å². The first-order valence-electron chi connectivity index (χ1n) is 4.99. The number of hydrogen-bond donors (Lipinski definition) is 0. The van der Waals surface area contributed by atoms with E-state index in [4.69, 9.17) is 9.15 Å². The van der Waals surface area contributed by atoms with E-state index in [0.717, 1.165) is 10.9 Å². The van der Waals surface area contributed by atoms with Crippen LogP contribution < -0.4 is 10.4 Å². The van der Waals surface area contributed by atoms with E-state index in [2.05, 4.69) is 6.58 Å². The predicted molar refractivity (Wildman–Crippen MR) is 62.9 cm³/mol. The first kappa shape index (κ1) is 10.5. The van der Waals surface area contributed by atoms with Crippen molar-refractivity contribution in [2.45, 2.75) is 6.92 Å². The molecule has 1 aromatic heterocycles. The quantitative estimate of drug-likeness (QED) is 0.585. The highest BCUT2D eigenvalue weighted by molar-refractivity contribution is 5.81. The molecule has 0 radical (unpaired) electrons. The largest absolute Gasteiger partial charge is 0.489 e. The normalized spacial score (nSPS) is 10.3. The molecular weight excluding hydrogens is 204 g/mol. The minimum Gasteiger partial charge on any atom is -0.489 e. The molecule has 82 valence electrons. The van der Waals surface area contributed by atoms with Gasteiger partial charge in [0.05, 0.1) is 0 Å². The van der Waals surface area contributed by atoms with Crippen molar-refractivity contribution in [2.75, 3.05) is 6.61 Å². The van der Waals surface area contributed by atoms with Crippen molar-refractivity contribution in [1.82, 2.24) is 0 Å². The summed E-state index contributed by atoms with van der Waals surface area (Å²) in [5.74, 6) is 0.680. The maximum atomic E-state index is 11.1. The summed E-state index contributed by atoms with van der Waals surface area (Å²) < 4.78 is 10.5. The Balaban J connectivity index is 2.55. The van der Waals surface area contributed by atoms with Crippen LogP contribution in [0.1, 0.15) is 5.56 Å². The van der Waals surface area contributed by atoms with Gasteiger partial charge in [-0.05, 0) is 24.6 Å². The molecule has 0 aliphatic heterocycles. The van der Waals surface area contributed by atoms with Crippen LogP contribution in [0.4, 0.5) is 0 Å². The topological polar surface area (TPSA) is 39.4 Å². The average molecular weight is 216 g/mol. The van der Waals surface area contributed by atoms with Gasteiger partial charge in [-0.15, -0.1) is 0 Å². The van der Waals surface area contributed by atoms with Crippen molar-refractivity contribution in [3.8, 4) is 5.75 Å². The zero-order chi connectivity index (χ0) is 11.5. The minimum atomic E-state index is -0.354. The number of benzene rings is 1. The summed E-state index contributed by atoms with van der Waals surface area (Å²) in [6, 6.07) is 6.80. The molecule has 0 bridgehead atoms. The van der Waals surface area contributed by atoms with Gasteiger partial charge in [-0.1, -0.05) is 12.7 Å². The van der Waals surface area contributed by atoms with Gasteiger partial charge in [0.2, 0.25) is 0 Å². The van der Waals surface area contributed by atoms with Crippen molar-refractivity contribution in [1.29, 1.82) is 0 Å². The summed E-state index contributed by atoms with van der Waals surface area (Å²) in [5.41, 5.74) is 1.21. The zero-order valence-corrected chi connectivity index (χ0v) is 9.03. The number of fused-ring (bicyclic) bond motifs is 1. The molecule has 0 N–H and O–H groups in total. The fourth-order valence-electron chi connectivity index (χ4n) is 1.56. The third-order valence-corrected chi connectivity index (χ3v) is 2.29. The lowest BCUT2D eigenvalue weighted by molar-refractivity contribution is 0.362. The number of hydrogen-bond acceptors (Lipinski definition) is 3. The lowest BCUT2D eigenvalue weighted by Crippen LogP contribution is -1.97. The van der Waals surface area contributed by atoms with Crippen molar-refractivity contribution in [2.24, 2.45) is 0 Å². The Morgan fingerprint density at radius 1 is 1.44 bits per heavy atom.